The van der Waals surface area contributed by atoms with Gasteiger partial charge in [-0.2, -0.15) is 0 Å². The Bertz CT molecular complexity index is 368. The molecule has 1 aromatic carbocycles. The summed E-state index contributed by atoms with van der Waals surface area (Å²) in [5.74, 6) is -2.46. The SMILES string of the molecule is COC(=O)[C@@H](N)Cc1ccc(F)c(F)c1. The van der Waals surface area contributed by atoms with E-state index in [4.69, 9.17) is 5.73 Å². The molecule has 5 heteroatoms. The number of nitrogens with two attached hydrogens (primary N) is 1. The summed E-state index contributed by atoms with van der Waals surface area (Å²) >= 11 is 0. The molecule has 0 heterocycles. The van der Waals surface area contributed by atoms with E-state index >= 15 is 0 Å². The van der Waals surface area contributed by atoms with Crippen LogP contribution >= 0.6 is 0 Å². The van der Waals surface area contributed by atoms with E-state index in [0.29, 0.717) is 5.56 Å². The Hall–Kier alpha value is -1.49. The number of hydrogen-bond acceptors (Lipinski definition) is 3. The summed E-state index contributed by atoms with van der Waals surface area (Å²) in [6.45, 7) is 0. The van der Waals surface area contributed by atoms with Gasteiger partial charge in [0.15, 0.2) is 11.6 Å². The van der Waals surface area contributed by atoms with Crippen LogP contribution in [0.4, 0.5) is 8.78 Å². The highest BCUT2D eigenvalue weighted by atomic mass is 19.2. The Morgan fingerprint density at radius 3 is 2.67 bits per heavy atom. The Morgan fingerprint density at radius 2 is 2.13 bits per heavy atom. The van der Waals surface area contributed by atoms with Gasteiger partial charge in [-0.3, -0.25) is 4.79 Å². The molecule has 3 nitrogen and oxygen atoms in total. The molecule has 82 valence electrons. The fourth-order valence-electron chi connectivity index (χ4n) is 1.16. The van der Waals surface area contributed by atoms with E-state index in [-0.39, 0.29) is 6.42 Å². The fourth-order valence-corrected chi connectivity index (χ4v) is 1.16. The smallest absolute Gasteiger partial charge is 0.322 e. The molecular formula is C10H11F2NO2. The van der Waals surface area contributed by atoms with Crippen molar-refractivity contribution in [3.05, 3.63) is 35.4 Å². The maximum absolute atomic E-state index is 12.8. The van der Waals surface area contributed by atoms with Crippen molar-refractivity contribution < 1.29 is 18.3 Å². The summed E-state index contributed by atoms with van der Waals surface area (Å²) in [6.07, 6.45) is 0.115. The van der Waals surface area contributed by atoms with Gasteiger partial charge in [0.05, 0.1) is 7.11 Å². The number of rotatable bonds is 3. The maximum Gasteiger partial charge on any atom is 0.322 e. The van der Waals surface area contributed by atoms with E-state index in [1.165, 1.54) is 13.2 Å². The Labute approximate surface area is 85.8 Å². The minimum atomic E-state index is -0.954. The maximum atomic E-state index is 12.8. The second kappa shape index (κ2) is 4.84. The zero-order valence-electron chi connectivity index (χ0n) is 8.17. The first-order chi connectivity index (χ1) is 7.04. The number of ether oxygens (including phenoxy) is 1. The second-order valence-electron chi connectivity index (χ2n) is 3.08. The predicted molar refractivity (Wildman–Crippen MR) is 50.1 cm³/mol. The van der Waals surface area contributed by atoms with Gasteiger partial charge >= 0.3 is 5.97 Å². The molecule has 15 heavy (non-hydrogen) atoms. The van der Waals surface area contributed by atoms with Crippen LogP contribution in [0.5, 0.6) is 0 Å². The molecule has 0 radical (unpaired) electrons. The molecule has 0 bridgehead atoms. The van der Waals surface area contributed by atoms with Crippen LogP contribution in [0.2, 0.25) is 0 Å². The first-order valence-corrected chi connectivity index (χ1v) is 4.32. The lowest BCUT2D eigenvalue weighted by Crippen LogP contribution is -2.33. The third kappa shape index (κ3) is 2.99. The summed E-state index contributed by atoms with van der Waals surface area (Å²) in [5.41, 5.74) is 5.91. The number of carbonyl (C=O) groups is 1. The quantitative estimate of drug-likeness (QED) is 0.765. The lowest BCUT2D eigenvalue weighted by atomic mass is 10.1. The van der Waals surface area contributed by atoms with E-state index in [9.17, 15) is 13.6 Å². The number of hydrogen-bond donors (Lipinski definition) is 1. The molecule has 0 fully saturated rings. The van der Waals surface area contributed by atoms with Crippen LogP contribution in [0.1, 0.15) is 5.56 Å². The number of carbonyl (C=O) groups excluding carboxylic acids is 1. The van der Waals surface area contributed by atoms with E-state index in [0.717, 1.165) is 12.1 Å². The zero-order chi connectivity index (χ0) is 11.4. The van der Waals surface area contributed by atoms with Crippen molar-refractivity contribution >= 4 is 5.97 Å². The molecule has 0 aromatic heterocycles. The average Bonchev–Trinajstić information content (AvgIpc) is 2.22. The summed E-state index contributed by atoms with van der Waals surface area (Å²) in [7, 11) is 1.22. The van der Waals surface area contributed by atoms with Crippen LogP contribution in [0.25, 0.3) is 0 Å². The molecule has 0 amide bonds. The van der Waals surface area contributed by atoms with E-state index in [1.54, 1.807) is 0 Å². The third-order valence-electron chi connectivity index (χ3n) is 1.94. The van der Waals surface area contributed by atoms with Crippen LogP contribution in [0.15, 0.2) is 18.2 Å². The number of methoxy groups -OCH3 is 1. The van der Waals surface area contributed by atoms with Gasteiger partial charge in [-0.25, -0.2) is 8.78 Å². The van der Waals surface area contributed by atoms with Crippen LogP contribution in [0, 0.1) is 11.6 Å². The normalized spacial score (nSPS) is 12.3. The molecule has 1 rings (SSSR count). The Kier molecular flexibility index (Phi) is 3.74. The van der Waals surface area contributed by atoms with Crippen molar-refractivity contribution in [1.82, 2.24) is 0 Å². The van der Waals surface area contributed by atoms with Crippen LogP contribution < -0.4 is 5.73 Å². The lowest BCUT2D eigenvalue weighted by Gasteiger charge is -2.08. The summed E-state index contributed by atoms with van der Waals surface area (Å²) in [6, 6.07) is 2.52. The van der Waals surface area contributed by atoms with E-state index in [2.05, 4.69) is 4.74 Å². The van der Waals surface area contributed by atoms with Crippen LogP contribution in [-0.4, -0.2) is 19.1 Å². The molecular weight excluding hydrogens is 204 g/mol. The van der Waals surface area contributed by atoms with Gasteiger partial charge in [-0.1, -0.05) is 6.07 Å². The monoisotopic (exact) mass is 215 g/mol. The molecule has 0 spiro atoms. The van der Waals surface area contributed by atoms with Gasteiger partial charge in [0.25, 0.3) is 0 Å². The molecule has 0 aliphatic rings. The van der Waals surface area contributed by atoms with Gasteiger partial charge in [0, 0.05) is 0 Å². The van der Waals surface area contributed by atoms with Gasteiger partial charge in [0.1, 0.15) is 6.04 Å². The highest BCUT2D eigenvalue weighted by Crippen LogP contribution is 2.10. The van der Waals surface area contributed by atoms with E-state index in [1.807, 2.05) is 0 Å². The average molecular weight is 215 g/mol. The van der Waals surface area contributed by atoms with Gasteiger partial charge in [-0.15, -0.1) is 0 Å². The third-order valence-corrected chi connectivity index (χ3v) is 1.94. The van der Waals surface area contributed by atoms with Crippen LogP contribution in [-0.2, 0) is 16.0 Å². The second-order valence-corrected chi connectivity index (χ2v) is 3.08. The largest absolute Gasteiger partial charge is 0.468 e. The van der Waals surface area contributed by atoms with Crippen molar-refractivity contribution in [2.24, 2.45) is 5.73 Å². The topological polar surface area (TPSA) is 52.3 Å². The molecule has 0 aliphatic heterocycles. The van der Waals surface area contributed by atoms with Crippen molar-refractivity contribution in [1.29, 1.82) is 0 Å². The summed E-state index contributed by atoms with van der Waals surface area (Å²) < 4.78 is 29.8. The standard InChI is InChI=1S/C10H11F2NO2/c1-15-10(14)9(13)5-6-2-3-7(11)8(12)4-6/h2-4,9H,5,13H2,1H3/t9-/m0/s1. The molecule has 2 N–H and O–H groups in total. The number of benzene rings is 1. The first kappa shape index (κ1) is 11.6. The minimum Gasteiger partial charge on any atom is -0.468 e. The van der Waals surface area contributed by atoms with Crippen molar-refractivity contribution in [2.75, 3.05) is 7.11 Å². The van der Waals surface area contributed by atoms with Gasteiger partial charge in [-0.05, 0) is 24.1 Å². The molecule has 1 atom stereocenters. The van der Waals surface area contributed by atoms with Crippen molar-refractivity contribution in [3.8, 4) is 0 Å². The predicted octanol–water partition coefficient (Wildman–Crippen LogP) is 1.01. The molecule has 0 saturated carbocycles. The number of esters is 1. The fraction of sp³-hybridized carbons (Fsp3) is 0.300. The van der Waals surface area contributed by atoms with Crippen LogP contribution in [0.3, 0.4) is 0 Å². The minimum absolute atomic E-state index is 0.115. The van der Waals surface area contributed by atoms with E-state index < -0.39 is 23.6 Å². The van der Waals surface area contributed by atoms with Crippen molar-refractivity contribution in [2.45, 2.75) is 12.5 Å². The molecule has 1 aromatic rings. The Morgan fingerprint density at radius 1 is 1.47 bits per heavy atom. The zero-order valence-corrected chi connectivity index (χ0v) is 8.17. The van der Waals surface area contributed by atoms with Crippen molar-refractivity contribution in [3.63, 3.8) is 0 Å². The summed E-state index contributed by atoms with van der Waals surface area (Å²) in [4.78, 5) is 11.0. The molecule has 0 saturated heterocycles. The molecule has 0 unspecified atom stereocenters. The lowest BCUT2D eigenvalue weighted by molar-refractivity contribution is -0.142. The molecule has 0 aliphatic carbocycles. The van der Waals surface area contributed by atoms with Gasteiger partial charge < -0.3 is 10.5 Å². The highest BCUT2D eigenvalue weighted by Gasteiger charge is 2.15. The number of halogens is 2. The first-order valence-electron chi connectivity index (χ1n) is 4.32. The van der Waals surface area contributed by atoms with Gasteiger partial charge in [0.2, 0.25) is 0 Å². The highest BCUT2D eigenvalue weighted by molar-refractivity contribution is 5.75. The summed E-state index contributed by atoms with van der Waals surface area (Å²) in [5, 5.41) is 0. The Balaban J connectivity index is 2.73.